The molecule has 1 unspecified atom stereocenters. The molecule has 1 aliphatic rings. The molecule has 0 radical (unpaired) electrons. The number of esters is 3. The number of hydrogen-bond donors (Lipinski definition) is 0. The first kappa shape index (κ1) is 27.3. The molecule has 0 saturated carbocycles. The van der Waals surface area contributed by atoms with Gasteiger partial charge in [0, 0.05) is 15.2 Å². The Hall–Kier alpha value is -3.72. The van der Waals surface area contributed by atoms with Crippen LogP contribution in [0.5, 0.6) is 5.75 Å². The molecule has 1 aliphatic heterocycles. The van der Waals surface area contributed by atoms with E-state index in [9.17, 15) is 14.4 Å². The quantitative estimate of drug-likeness (QED) is 0.0832. The second-order valence-electron chi connectivity index (χ2n) is 8.90. The molecule has 3 aromatic rings. The zero-order chi connectivity index (χ0) is 27.0. The fourth-order valence-electron chi connectivity index (χ4n) is 4.34. The van der Waals surface area contributed by atoms with E-state index in [-0.39, 0.29) is 26.1 Å². The van der Waals surface area contributed by atoms with Crippen LogP contribution in [-0.2, 0) is 42.5 Å². The lowest BCUT2D eigenvalue weighted by molar-refractivity contribution is -0.144. The summed E-state index contributed by atoms with van der Waals surface area (Å²) in [5, 5.41) is 0. The Balaban J connectivity index is 1.44. The van der Waals surface area contributed by atoms with Gasteiger partial charge in [-0.2, -0.15) is 0 Å². The smallest absolute Gasteiger partial charge is 0.330 e. The van der Waals surface area contributed by atoms with E-state index in [1.54, 1.807) is 12.1 Å². The van der Waals surface area contributed by atoms with Crippen molar-refractivity contribution >= 4 is 40.5 Å². The molecule has 0 amide bonds. The summed E-state index contributed by atoms with van der Waals surface area (Å²) in [6.45, 7) is 4.45. The van der Waals surface area contributed by atoms with Crippen LogP contribution in [0.1, 0.15) is 36.0 Å². The van der Waals surface area contributed by atoms with Crippen molar-refractivity contribution < 1.29 is 28.6 Å². The van der Waals surface area contributed by atoms with Crippen LogP contribution in [-0.4, -0.2) is 17.9 Å². The van der Waals surface area contributed by atoms with Crippen LogP contribution in [0.25, 0.3) is 0 Å². The highest BCUT2D eigenvalue weighted by Gasteiger charge is 2.51. The molecule has 0 aliphatic carbocycles. The molecule has 0 aromatic heterocycles. The second-order valence-corrected chi connectivity index (χ2v) is 10.1. The van der Waals surface area contributed by atoms with Gasteiger partial charge in [0.25, 0.3) is 0 Å². The van der Waals surface area contributed by atoms with Crippen LogP contribution in [0, 0.1) is 3.57 Å². The maximum absolute atomic E-state index is 13.3. The third kappa shape index (κ3) is 6.58. The van der Waals surface area contributed by atoms with E-state index in [0.29, 0.717) is 23.3 Å². The van der Waals surface area contributed by atoms with E-state index in [1.165, 1.54) is 6.08 Å². The molecule has 1 atom stereocenters. The summed E-state index contributed by atoms with van der Waals surface area (Å²) in [5.74, 6) is -1.00. The zero-order valence-electron chi connectivity index (χ0n) is 20.7. The fraction of sp³-hybridized carbons (Fsp3) is 0.194. The Kier molecular flexibility index (Phi) is 9.12. The molecule has 0 spiro atoms. The van der Waals surface area contributed by atoms with Gasteiger partial charge in [-0.05, 0) is 70.3 Å². The first-order chi connectivity index (χ1) is 18.4. The summed E-state index contributed by atoms with van der Waals surface area (Å²) in [6.07, 6.45) is 3.50. The van der Waals surface area contributed by atoms with Gasteiger partial charge in [-0.3, -0.25) is 9.59 Å². The molecular formula is C31H27IO6. The Bertz CT molecular complexity index is 1350. The molecule has 0 N–H and O–H groups in total. The van der Waals surface area contributed by atoms with E-state index in [2.05, 4.69) is 29.2 Å². The predicted molar refractivity (Wildman–Crippen MR) is 151 cm³/mol. The molecule has 0 fully saturated rings. The summed E-state index contributed by atoms with van der Waals surface area (Å²) in [7, 11) is 0. The highest BCUT2D eigenvalue weighted by molar-refractivity contribution is 14.1. The van der Waals surface area contributed by atoms with Gasteiger partial charge in [0.15, 0.2) is 0 Å². The molecule has 4 rings (SSSR count). The van der Waals surface area contributed by atoms with Crippen LogP contribution < -0.4 is 4.74 Å². The Morgan fingerprint density at radius 1 is 0.921 bits per heavy atom. The van der Waals surface area contributed by atoms with Crippen molar-refractivity contribution in [2.45, 2.75) is 37.9 Å². The molecular weight excluding hydrogens is 595 g/mol. The maximum atomic E-state index is 13.3. The van der Waals surface area contributed by atoms with Crippen molar-refractivity contribution in [3.63, 3.8) is 0 Å². The third-order valence-corrected chi connectivity index (χ3v) is 6.99. The van der Waals surface area contributed by atoms with Crippen LogP contribution in [0.2, 0.25) is 0 Å². The van der Waals surface area contributed by atoms with Crippen molar-refractivity contribution in [3.05, 3.63) is 123 Å². The zero-order valence-corrected chi connectivity index (χ0v) is 22.9. The number of carbonyl (C=O) groups is 3. The van der Waals surface area contributed by atoms with Gasteiger partial charge in [-0.15, -0.1) is 0 Å². The fourth-order valence-corrected chi connectivity index (χ4v) is 4.83. The number of allylic oxidation sites excluding steroid dienone is 1. The van der Waals surface area contributed by atoms with Gasteiger partial charge in [0.05, 0.1) is 6.42 Å². The van der Waals surface area contributed by atoms with Crippen molar-refractivity contribution in [1.82, 2.24) is 0 Å². The topological polar surface area (TPSA) is 78.9 Å². The maximum Gasteiger partial charge on any atom is 0.330 e. The second kappa shape index (κ2) is 12.7. The average molecular weight is 622 g/mol. The van der Waals surface area contributed by atoms with Crippen molar-refractivity contribution in [2.24, 2.45) is 0 Å². The minimum atomic E-state index is -1.24. The van der Waals surface area contributed by atoms with Crippen LogP contribution in [0.3, 0.4) is 0 Å². The minimum Gasteiger partial charge on any atom is -0.461 e. The molecule has 194 valence electrons. The highest BCUT2D eigenvalue weighted by Crippen LogP contribution is 2.48. The summed E-state index contributed by atoms with van der Waals surface area (Å²) >= 11 is 2.17. The SMILES string of the molecule is C=C(CC(=O)OCc1ccccc1)C1(CC/C=C/C(=O)OCc2ccccc2)C(=O)Oc2ccc(I)cc21. The Morgan fingerprint density at radius 3 is 2.21 bits per heavy atom. The van der Waals surface area contributed by atoms with E-state index < -0.39 is 23.3 Å². The first-order valence-electron chi connectivity index (χ1n) is 12.2. The number of rotatable bonds is 11. The van der Waals surface area contributed by atoms with Crippen molar-refractivity contribution in [2.75, 3.05) is 0 Å². The standard InChI is InChI=1S/C31H27IO6/c1-22(18-29(34)37-21-24-12-6-3-7-13-24)31(26-19-25(32)15-16-27(26)38-30(31)35)17-9-8-14-28(33)36-20-23-10-4-2-5-11-23/h2-8,10-16,19H,1,9,17-18,20-21H2/b14-8+. The third-order valence-electron chi connectivity index (χ3n) is 6.32. The van der Waals surface area contributed by atoms with Crippen molar-refractivity contribution in [3.8, 4) is 5.75 Å². The Labute approximate surface area is 235 Å². The lowest BCUT2D eigenvalue weighted by atomic mass is 9.71. The normalized spacial score (nSPS) is 16.1. The molecule has 38 heavy (non-hydrogen) atoms. The van der Waals surface area contributed by atoms with E-state index in [4.69, 9.17) is 14.2 Å². The molecule has 6 nitrogen and oxygen atoms in total. The summed E-state index contributed by atoms with van der Waals surface area (Å²) in [4.78, 5) is 38.2. The number of hydrogen-bond acceptors (Lipinski definition) is 6. The van der Waals surface area contributed by atoms with Gasteiger partial charge in [-0.1, -0.05) is 73.3 Å². The van der Waals surface area contributed by atoms with E-state index in [1.807, 2.05) is 72.8 Å². The molecule has 0 bridgehead atoms. The largest absolute Gasteiger partial charge is 0.461 e. The summed E-state index contributed by atoms with van der Waals surface area (Å²) in [6, 6.07) is 24.2. The van der Waals surface area contributed by atoms with Crippen molar-refractivity contribution in [1.29, 1.82) is 0 Å². The first-order valence-corrected chi connectivity index (χ1v) is 13.2. The number of halogens is 1. The van der Waals surface area contributed by atoms with Gasteiger partial charge in [0.1, 0.15) is 24.4 Å². The summed E-state index contributed by atoms with van der Waals surface area (Å²) in [5.41, 5.74) is 1.58. The number of carbonyl (C=O) groups excluding carboxylic acids is 3. The monoisotopic (exact) mass is 622 g/mol. The molecule has 3 aromatic carbocycles. The number of ether oxygens (including phenoxy) is 3. The number of fused-ring (bicyclic) bond motifs is 1. The molecule has 0 saturated heterocycles. The van der Waals surface area contributed by atoms with Gasteiger partial charge in [-0.25, -0.2) is 4.79 Å². The lowest BCUT2D eigenvalue weighted by Crippen LogP contribution is -2.36. The van der Waals surface area contributed by atoms with Crippen LogP contribution in [0.4, 0.5) is 0 Å². The van der Waals surface area contributed by atoms with Crippen LogP contribution >= 0.6 is 22.6 Å². The van der Waals surface area contributed by atoms with Gasteiger partial charge in [0.2, 0.25) is 0 Å². The van der Waals surface area contributed by atoms with E-state index in [0.717, 1.165) is 14.7 Å². The lowest BCUT2D eigenvalue weighted by Gasteiger charge is -2.28. The van der Waals surface area contributed by atoms with Gasteiger partial charge < -0.3 is 14.2 Å². The molecule has 1 heterocycles. The van der Waals surface area contributed by atoms with E-state index >= 15 is 0 Å². The predicted octanol–water partition coefficient (Wildman–Crippen LogP) is 6.22. The Morgan fingerprint density at radius 2 is 1.55 bits per heavy atom. The minimum absolute atomic E-state index is 0.132. The molecule has 7 heteroatoms. The van der Waals surface area contributed by atoms with Crippen LogP contribution in [0.15, 0.2) is 103 Å². The average Bonchev–Trinajstić information content (AvgIpc) is 3.21. The highest BCUT2D eigenvalue weighted by atomic mass is 127. The summed E-state index contributed by atoms with van der Waals surface area (Å²) < 4.78 is 17.3. The number of benzene rings is 3. The van der Waals surface area contributed by atoms with Gasteiger partial charge >= 0.3 is 17.9 Å².